The van der Waals surface area contributed by atoms with Crippen molar-refractivity contribution in [2.45, 2.75) is 22.6 Å². The van der Waals surface area contributed by atoms with E-state index in [4.69, 9.17) is 0 Å². The molecule has 29 heavy (non-hydrogen) atoms. The van der Waals surface area contributed by atoms with Gasteiger partial charge in [-0.2, -0.15) is 4.31 Å². The van der Waals surface area contributed by atoms with Crippen LogP contribution in [0.4, 0.5) is 0 Å². The van der Waals surface area contributed by atoms with E-state index in [1.807, 2.05) is 29.2 Å². The molecule has 0 aliphatic carbocycles. The van der Waals surface area contributed by atoms with Gasteiger partial charge in [-0.3, -0.25) is 4.79 Å². The van der Waals surface area contributed by atoms with E-state index in [2.05, 4.69) is 31.9 Å². The summed E-state index contributed by atoms with van der Waals surface area (Å²) in [4.78, 5) is 15.1. The lowest BCUT2D eigenvalue weighted by Crippen LogP contribution is -2.53. The van der Waals surface area contributed by atoms with Crippen LogP contribution in [-0.4, -0.2) is 53.8 Å². The van der Waals surface area contributed by atoms with Crippen LogP contribution in [0.2, 0.25) is 0 Å². The second-order valence-corrected chi connectivity index (χ2v) is 12.3. The molecule has 2 aromatic rings. The summed E-state index contributed by atoms with van der Waals surface area (Å²) in [5, 5.41) is 0. The van der Waals surface area contributed by atoms with Crippen LogP contribution >= 0.6 is 43.6 Å². The third-order valence-corrected chi connectivity index (χ3v) is 9.99. The average molecular weight is 560 g/mol. The van der Waals surface area contributed by atoms with Gasteiger partial charge in [-0.15, -0.1) is 11.8 Å². The van der Waals surface area contributed by atoms with Crippen LogP contribution < -0.4 is 0 Å². The van der Waals surface area contributed by atoms with Crippen molar-refractivity contribution in [1.82, 2.24) is 9.21 Å². The van der Waals surface area contributed by atoms with E-state index in [0.717, 1.165) is 14.7 Å². The second kappa shape index (κ2) is 8.34. The lowest BCUT2D eigenvalue weighted by atomic mass is 10.0. The van der Waals surface area contributed by atoms with Crippen molar-refractivity contribution in [1.29, 1.82) is 0 Å². The lowest BCUT2D eigenvalue weighted by Gasteiger charge is -2.43. The summed E-state index contributed by atoms with van der Waals surface area (Å²) in [5.74, 6) is 0.897. The van der Waals surface area contributed by atoms with Gasteiger partial charge in [0.15, 0.2) is 0 Å². The molecule has 2 aliphatic rings. The van der Waals surface area contributed by atoms with Crippen LogP contribution in [-0.2, 0) is 10.0 Å². The summed E-state index contributed by atoms with van der Waals surface area (Å²) in [6, 6.07) is 14.1. The Hall–Kier alpha value is -0.870. The normalized spacial score (nSPS) is 19.6. The van der Waals surface area contributed by atoms with Crippen LogP contribution in [0.25, 0.3) is 0 Å². The number of thioether (sulfide) groups is 1. The number of piperidine rings is 1. The van der Waals surface area contributed by atoms with Gasteiger partial charge >= 0.3 is 0 Å². The molecule has 0 atom stereocenters. The Morgan fingerprint density at radius 2 is 1.45 bits per heavy atom. The van der Waals surface area contributed by atoms with Gasteiger partial charge < -0.3 is 4.90 Å². The Bertz CT molecular complexity index is 1000. The molecule has 2 aromatic carbocycles. The molecule has 1 amide bonds. The maximum Gasteiger partial charge on any atom is 0.254 e. The molecule has 2 aliphatic heterocycles. The highest BCUT2D eigenvalue weighted by Gasteiger charge is 2.48. The summed E-state index contributed by atoms with van der Waals surface area (Å²) in [7, 11) is -3.53. The maximum atomic E-state index is 13.1. The molecule has 9 heteroatoms. The van der Waals surface area contributed by atoms with Crippen LogP contribution in [0.5, 0.6) is 0 Å². The number of sulfonamides is 1. The maximum absolute atomic E-state index is 13.1. The number of carbonyl (C=O) groups excluding carboxylic acids is 1. The number of halogens is 2. The van der Waals surface area contributed by atoms with Gasteiger partial charge in [0.25, 0.3) is 5.91 Å². The molecule has 5 nitrogen and oxygen atoms in total. The van der Waals surface area contributed by atoms with E-state index in [1.165, 1.54) is 0 Å². The standard InChI is InChI=1S/C20H20Br2N2O3S2/c21-16-3-1-15(2-4-16)19(25)24-13-14-28-20(24)9-11-23(12-10-20)29(26,27)18-7-5-17(22)6-8-18/h1-8H,9-14H2. The van der Waals surface area contributed by atoms with Gasteiger partial charge in [0, 0.05) is 39.9 Å². The third kappa shape index (κ3) is 4.17. The summed E-state index contributed by atoms with van der Waals surface area (Å²) in [6.45, 7) is 1.52. The van der Waals surface area contributed by atoms with Crippen molar-refractivity contribution < 1.29 is 13.2 Å². The smallest absolute Gasteiger partial charge is 0.254 e. The first-order valence-electron chi connectivity index (χ1n) is 9.29. The van der Waals surface area contributed by atoms with Crippen LogP contribution in [0.15, 0.2) is 62.4 Å². The number of rotatable bonds is 3. The number of hydrogen-bond acceptors (Lipinski definition) is 4. The van der Waals surface area contributed by atoms with Crippen molar-refractivity contribution in [3.63, 3.8) is 0 Å². The van der Waals surface area contributed by atoms with E-state index in [9.17, 15) is 13.2 Å². The first-order valence-corrected chi connectivity index (χ1v) is 13.3. The van der Waals surface area contributed by atoms with E-state index in [-0.39, 0.29) is 10.8 Å². The molecule has 0 saturated carbocycles. The minimum Gasteiger partial charge on any atom is -0.323 e. The largest absolute Gasteiger partial charge is 0.323 e. The Labute approximate surface area is 192 Å². The molecule has 0 N–H and O–H groups in total. The van der Waals surface area contributed by atoms with Crippen molar-refractivity contribution in [3.05, 3.63) is 63.0 Å². The molecule has 1 spiro atoms. The third-order valence-electron chi connectivity index (χ3n) is 5.47. The fraction of sp³-hybridized carbons (Fsp3) is 0.350. The van der Waals surface area contributed by atoms with Crippen molar-refractivity contribution >= 4 is 59.6 Å². The van der Waals surface area contributed by atoms with E-state index in [1.54, 1.807) is 40.3 Å². The zero-order chi connectivity index (χ0) is 20.6. The molecule has 154 valence electrons. The van der Waals surface area contributed by atoms with Crippen LogP contribution in [0.3, 0.4) is 0 Å². The van der Waals surface area contributed by atoms with E-state index < -0.39 is 10.0 Å². The van der Waals surface area contributed by atoms with Crippen LogP contribution in [0.1, 0.15) is 23.2 Å². The number of hydrogen-bond donors (Lipinski definition) is 0. The Kier molecular flexibility index (Phi) is 6.14. The monoisotopic (exact) mass is 558 g/mol. The minimum absolute atomic E-state index is 0.0201. The highest BCUT2D eigenvalue weighted by atomic mass is 79.9. The Morgan fingerprint density at radius 1 is 0.897 bits per heavy atom. The zero-order valence-corrected chi connectivity index (χ0v) is 20.4. The van der Waals surface area contributed by atoms with Crippen molar-refractivity contribution in [2.24, 2.45) is 0 Å². The lowest BCUT2D eigenvalue weighted by molar-refractivity contribution is 0.0605. The molecule has 0 radical (unpaired) electrons. The predicted molar refractivity (Wildman–Crippen MR) is 123 cm³/mol. The highest BCUT2D eigenvalue weighted by Crippen LogP contribution is 2.45. The van der Waals surface area contributed by atoms with Gasteiger partial charge in [0.1, 0.15) is 0 Å². The zero-order valence-electron chi connectivity index (χ0n) is 15.6. The highest BCUT2D eigenvalue weighted by molar-refractivity contribution is 9.10. The van der Waals surface area contributed by atoms with Gasteiger partial charge in [-0.05, 0) is 61.4 Å². The second-order valence-electron chi connectivity index (χ2n) is 7.12. The molecule has 0 aromatic heterocycles. The van der Waals surface area contributed by atoms with E-state index >= 15 is 0 Å². The van der Waals surface area contributed by atoms with Crippen molar-refractivity contribution in [2.75, 3.05) is 25.4 Å². The topological polar surface area (TPSA) is 57.7 Å². The summed E-state index contributed by atoms with van der Waals surface area (Å²) in [5.41, 5.74) is 0.667. The fourth-order valence-corrected chi connectivity index (χ4v) is 7.31. The molecule has 0 unspecified atom stereocenters. The first-order chi connectivity index (χ1) is 13.8. The molecule has 0 bridgehead atoms. The molecule has 2 heterocycles. The first kappa shape index (κ1) is 21.4. The quantitative estimate of drug-likeness (QED) is 0.552. The molecular formula is C20H20Br2N2O3S2. The van der Waals surface area contributed by atoms with E-state index in [0.29, 0.717) is 42.9 Å². The van der Waals surface area contributed by atoms with Gasteiger partial charge in [-0.1, -0.05) is 31.9 Å². The molecule has 2 saturated heterocycles. The molecule has 2 fully saturated rings. The SMILES string of the molecule is O=C(c1ccc(Br)cc1)N1CCSC12CCN(S(=O)(=O)c1ccc(Br)cc1)CC2. The summed E-state index contributed by atoms with van der Waals surface area (Å²) < 4.78 is 29.3. The van der Waals surface area contributed by atoms with Crippen LogP contribution in [0, 0.1) is 0 Å². The predicted octanol–water partition coefficient (Wildman–Crippen LogP) is 4.58. The van der Waals surface area contributed by atoms with Crippen molar-refractivity contribution in [3.8, 4) is 0 Å². The number of nitrogens with zero attached hydrogens (tertiary/aromatic N) is 2. The summed E-state index contributed by atoms with van der Waals surface area (Å²) >= 11 is 8.52. The van der Waals surface area contributed by atoms with Gasteiger partial charge in [-0.25, -0.2) is 8.42 Å². The average Bonchev–Trinajstić information content (AvgIpc) is 3.11. The summed E-state index contributed by atoms with van der Waals surface area (Å²) in [6.07, 6.45) is 1.27. The Balaban J connectivity index is 1.50. The van der Waals surface area contributed by atoms with Gasteiger partial charge in [0.05, 0.1) is 9.77 Å². The van der Waals surface area contributed by atoms with Gasteiger partial charge in [0.2, 0.25) is 10.0 Å². The molecule has 4 rings (SSSR count). The Morgan fingerprint density at radius 3 is 2.03 bits per heavy atom. The number of carbonyl (C=O) groups is 1. The number of benzene rings is 2. The number of amides is 1. The molecular weight excluding hydrogens is 540 g/mol. The minimum atomic E-state index is -3.53. The fourth-order valence-electron chi connectivity index (χ4n) is 3.89.